The average molecular weight is 293 g/mol. The van der Waals surface area contributed by atoms with Gasteiger partial charge in [-0.25, -0.2) is 0 Å². The number of hydrogen-bond acceptors (Lipinski definition) is 5. The van der Waals surface area contributed by atoms with Crippen molar-refractivity contribution in [3.05, 3.63) is 11.7 Å². The molecule has 1 aromatic heterocycles. The fraction of sp³-hybridized carbons (Fsp3) is 0.875. The number of ether oxygens (including phenoxy) is 1. The van der Waals surface area contributed by atoms with E-state index in [0.29, 0.717) is 5.92 Å². The molecule has 1 aliphatic carbocycles. The van der Waals surface area contributed by atoms with Gasteiger partial charge in [0.1, 0.15) is 5.60 Å². The van der Waals surface area contributed by atoms with E-state index in [0.717, 1.165) is 50.0 Å². The van der Waals surface area contributed by atoms with Crippen molar-refractivity contribution in [3.8, 4) is 0 Å². The molecule has 1 N–H and O–H groups in total. The molecule has 0 radical (unpaired) electrons. The molecule has 0 bridgehead atoms. The van der Waals surface area contributed by atoms with E-state index in [-0.39, 0.29) is 5.60 Å². The van der Waals surface area contributed by atoms with Crippen LogP contribution in [0.4, 0.5) is 0 Å². The lowest BCUT2D eigenvalue weighted by atomic mass is 9.79. The van der Waals surface area contributed by atoms with Crippen molar-refractivity contribution < 1.29 is 9.26 Å². The van der Waals surface area contributed by atoms with Crippen LogP contribution in [0, 0.1) is 11.8 Å². The Morgan fingerprint density at radius 3 is 2.81 bits per heavy atom. The lowest BCUT2D eigenvalue weighted by Gasteiger charge is -2.35. The van der Waals surface area contributed by atoms with Gasteiger partial charge in [0.15, 0.2) is 0 Å². The third kappa shape index (κ3) is 3.29. The molecular weight excluding hydrogens is 266 g/mol. The van der Waals surface area contributed by atoms with Gasteiger partial charge in [-0.2, -0.15) is 4.98 Å². The van der Waals surface area contributed by atoms with Gasteiger partial charge in [0.25, 0.3) is 0 Å². The quantitative estimate of drug-likeness (QED) is 0.925. The zero-order chi connectivity index (χ0) is 14.7. The molecule has 3 rings (SSSR count). The topological polar surface area (TPSA) is 60.2 Å². The number of piperidine rings is 1. The zero-order valence-electron chi connectivity index (χ0n) is 13.2. The van der Waals surface area contributed by atoms with Gasteiger partial charge in [0, 0.05) is 13.5 Å². The summed E-state index contributed by atoms with van der Waals surface area (Å²) in [5.74, 6) is 2.93. The zero-order valence-corrected chi connectivity index (χ0v) is 13.2. The first kappa shape index (κ1) is 15.0. The maximum absolute atomic E-state index is 5.82. The lowest BCUT2D eigenvalue weighted by Crippen LogP contribution is -2.34. The van der Waals surface area contributed by atoms with Crippen molar-refractivity contribution in [2.75, 3.05) is 20.2 Å². The van der Waals surface area contributed by atoms with Crippen LogP contribution >= 0.6 is 0 Å². The smallest absolute Gasteiger partial charge is 0.227 e. The molecule has 2 aliphatic rings. The van der Waals surface area contributed by atoms with Crippen LogP contribution in [0.5, 0.6) is 0 Å². The Hall–Kier alpha value is -0.940. The number of nitrogens with zero attached hydrogens (tertiary/aromatic N) is 2. The van der Waals surface area contributed by atoms with Gasteiger partial charge < -0.3 is 14.6 Å². The van der Waals surface area contributed by atoms with Crippen LogP contribution in [0.2, 0.25) is 0 Å². The molecule has 1 aromatic rings. The molecule has 1 saturated heterocycles. The summed E-state index contributed by atoms with van der Waals surface area (Å²) in [7, 11) is 1.77. The van der Waals surface area contributed by atoms with E-state index in [9.17, 15) is 0 Å². The van der Waals surface area contributed by atoms with Crippen LogP contribution in [0.25, 0.3) is 0 Å². The minimum Gasteiger partial charge on any atom is -0.370 e. The molecule has 0 amide bonds. The molecule has 0 spiro atoms. The van der Waals surface area contributed by atoms with E-state index in [1.807, 2.05) is 0 Å². The second-order valence-electron chi connectivity index (χ2n) is 6.81. The predicted molar refractivity (Wildman–Crippen MR) is 79.9 cm³/mol. The van der Waals surface area contributed by atoms with Crippen molar-refractivity contribution in [3.63, 3.8) is 0 Å². The molecule has 5 nitrogen and oxygen atoms in total. The van der Waals surface area contributed by atoms with Gasteiger partial charge in [-0.15, -0.1) is 0 Å². The number of nitrogens with one attached hydrogen (secondary N) is 1. The summed E-state index contributed by atoms with van der Waals surface area (Å²) in [6, 6.07) is 0. The minimum atomic E-state index is -0.320. The maximum Gasteiger partial charge on any atom is 0.227 e. The second kappa shape index (κ2) is 6.44. The summed E-state index contributed by atoms with van der Waals surface area (Å²) < 4.78 is 11.3. The SMILES string of the molecule is COC1(c2noc(CC3CCCNC3)n2)CCC(C)CC1. The first-order valence-corrected chi connectivity index (χ1v) is 8.31. The highest BCUT2D eigenvalue weighted by atomic mass is 16.5. The monoisotopic (exact) mass is 293 g/mol. The van der Waals surface area contributed by atoms with Crippen LogP contribution < -0.4 is 5.32 Å². The summed E-state index contributed by atoms with van der Waals surface area (Å²) in [6.07, 6.45) is 7.71. The Balaban J connectivity index is 1.68. The third-order valence-corrected chi connectivity index (χ3v) is 5.21. The molecule has 1 unspecified atom stereocenters. The van der Waals surface area contributed by atoms with Crippen LogP contribution in [0.1, 0.15) is 57.2 Å². The Kier molecular flexibility index (Phi) is 4.60. The van der Waals surface area contributed by atoms with Crippen LogP contribution in [0.3, 0.4) is 0 Å². The molecule has 1 saturated carbocycles. The Morgan fingerprint density at radius 2 is 2.14 bits per heavy atom. The summed E-state index contributed by atoms with van der Waals surface area (Å²) in [5.41, 5.74) is -0.320. The number of hydrogen-bond donors (Lipinski definition) is 1. The summed E-state index contributed by atoms with van der Waals surface area (Å²) in [6.45, 7) is 4.50. The maximum atomic E-state index is 5.82. The molecule has 5 heteroatoms. The van der Waals surface area contributed by atoms with Crippen LogP contribution in [0.15, 0.2) is 4.52 Å². The highest BCUT2D eigenvalue weighted by Crippen LogP contribution is 2.40. The third-order valence-electron chi connectivity index (χ3n) is 5.21. The molecule has 0 aromatic carbocycles. The first-order chi connectivity index (χ1) is 10.2. The van der Waals surface area contributed by atoms with Crippen molar-refractivity contribution in [2.45, 2.75) is 57.5 Å². The fourth-order valence-corrected chi connectivity index (χ4v) is 3.62. The minimum absolute atomic E-state index is 0.320. The molecule has 2 heterocycles. The highest BCUT2D eigenvalue weighted by Gasteiger charge is 2.40. The normalized spacial score (nSPS) is 34.0. The van der Waals surface area contributed by atoms with Gasteiger partial charge in [-0.1, -0.05) is 12.1 Å². The molecule has 2 fully saturated rings. The van der Waals surface area contributed by atoms with Crippen molar-refractivity contribution in [1.82, 2.24) is 15.5 Å². The number of methoxy groups -OCH3 is 1. The van der Waals surface area contributed by atoms with Gasteiger partial charge in [0.05, 0.1) is 0 Å². The summed E-state index contributed by atoms with van der Waals surface area (Å²) in [4.78, 5) is 4.67. The summed E-state index contributed by atoms with van der Waals surface area (Å²) >= 11 is 0. The molecule has 1 atom stereocenters. The average Bonchev–Trinajstić information content (AvgIpc) is 2.99. The second-order valence-corrected chi connectivity index (χ2v) is 6.81. The van der Waals surface area contributed by atoms with E-state index in [1.54, 1.807) is 7.11 Å². The molecule has 118 valence electrons. The van der Waals surface area contributed by atoms with Gasteiger partial charge in [-0.05, 0) is 63.5 Å². The van der Waals surface area contributed by atoms with E-state index in [4.69, 9.17) is 9.26 Å². The molecular formula is C16H27N3O2. The van der Waals surface area contributed by atoms with Crippen LogP contribution in [-0.4, -0.2) is 30.3 Å². The highest BCUT2D eigenvalue weighted by molar-refractivity contribution is 5.04. The van der Waals surface area contributed by atoms with Crippen molar-refractivity contribution in [1.29, 1.82) is 0 Å². The Morgan fingerprint density at radius 1 is 1.33 bits per heavy atom. The fourth-order valence-electron chi connectivity index (χ4n) is 3.62. The first-order valence-electron chi connectivity index (χ1n) is 8.31. The molecule has 21 heavy (non-hydrogen) atoms. The van der Waals surface area contributed by atoms with Gasteiger partial charge in [-0.3, -0.25) is 0 Å². The Bertz CT molecular complexity index is 446. The van der Waals surface area contributed by atoms with Crippen LogP contribution in [-0.2, 0) is 16.8 Å². The van der Waals surface area contributed by atoms with E-state index in [2.05, 4.69) is 22.4 Å². The largest absolute Gasteiger partial charge is 0.370 e. The molecule has 1 aliphatic heterocycles. The van der Waals surface area contributed by atoms with Gasteiger partial charge >= 0.3 is 0 Å². The van der Waals surface area contributed by atoms with E-state index >= 15 is 0 Å². The lowest BCUT2D eigenvalue weighted by molar-refractivity contribution is -0.0609. The van der Waals surface area contributed by atoms with E-state index < -0.39 is 0 Å². The standard InChI is InChI=1S/C16H27N3O2/c1-12-5-7-16(20-2,8-6-12)15-18-14(21-19-15)10-13-4-3-9-17-11-13/h12-13,17H,3-11H2,1-2H3. The predicted octanol–water partition coefficient (Wildman–Crippen LogP) is 2.66. The van der Waals surface area contributed by atoms with Crippen molar-refractivity contribution in [2.24, 2.45) is 11.8 Å². The Labute approximate surface area is 126 Å². The van der Waals surface area contributed by atoms with Crippen molar-refractivity contribution >= 4 is 0 Å². The van der Waals surface area contributed by atoms with E-state index in [1.165, 1.54) is 25.7 Å². The van der Waals surface area contributed by atoms with Gasteiger partial charge in [0.2, 0.25) is 11.7 Å². The number of aromatic nitrogens is 2. The summed E-state index contributed by atoms with van der Waals surface area (Å²) in [5, 5.41) is 7.68. The number of rotatable bonds is 4.